The molecule has 130 valence electrons. The molecule has 10 heteroatoms. The summed E-state index contributed by atoms with van der Waals surface area (Å²) in [6.45, 7) is 0. The Hall–Kier alpha value is -1.94. The van der Waals surface area contributed by atoms with Crippen LogP contribution in [0.1, 0.15) is 0 Å². The van der Waals surface area contributed by atoms with Gasteiger partial charge in [0, 0.05) is 5.69 Å². The maximum Gasteiger partial charge on any atom is 0.573 e. The Morgan fingerprint density at radius 3 is 2.21 bits per heavy atom. The second-order valence-electron chi connectivity index (χ2n) is 4.47. The van der Waals surface area contributed by atoms with Gasteiger partial charge in [-0.05, 0) is 58.4 Å². The van der Waals surface area contributed by atoms with Gasteiger partial charge in [-0.25, -0.2) is 8.42 Å². The van der Waals surface area contributed by atoms with Gasteiger partial charge < -0.3 is 9.47 Å². The first-order valence-electron chi connectivity index (χ1n) is 6.33. The van der Waals surface area contributed by atoms with E-state index in [4.69, 9.17) is 4.74 Å². The maximum absolute atomic E-state index is 12.3. The van der Waals surface area contributed by atoms with Crippen molar-refractivity contribution in [3.8, 4) is 11.5 Å². The Morgan fingerprint density at radius 2 is 1.71 bits per heavy atom. The first-order chi connectivity index (χ1) is 11.1. The largest absolute Gasteiger partial charge is 0.573 e. The van der Waals surface area contributed by atoms with Crippen molar-refractivity contribution in [3.05, 3.63) is 46.9 Å². The molecule has 0 aliphatic heterocycles. The van der Waals surface area contributed by atoms with E-state index in [1.165, 1.54) is 25.3 Å². The molecule has 1 N–H and O–H groups in total. The van der Waals surface area contributed by atoms with Crippen molar-refractivity contribution in [3.63, 3.8) is 0 Å². The smallest absolute Gasteiger partial charge is 0.496 e. The van der Waals surface area contributed by atoms with Gasteiger partial charge >= 0.3 is 6.36 Å². The second-order valence-corrected chi connectivity index (χ2v) is 7.01. The Balaban J connectivity index is 2.18. The summed E-state index contributed by atoms with van der Waals surface area (Å²) in [7, 11) is -2.47. The Labute approximate surface area is 144 Å². The first kappa shape index (κ1) is 18.4. The minimum Gasteiger partial charge on any atom is -0.496 e. The lowest BCUT2D eigenvalue weighted by atomic mass is 10.3. The Morgan fingerprint density at radius 1 is 1.08 bits per heavy atom. The van der Waals surface area contributed by atoms with Gasteiger partial charge in [0.25, 0.3) is 10.0 Å². The number of halogens is 4. The SMILES string of the molecule is COc1ccc(S(=O)(=O)Nc2ccc(OC(F)(F)F)cc2)cc1Br. The molecule has 2 aromatic rings. The van der Waals surface area contributed by atoms with Crippen molar-refractivity contribution in [2.24, 2.45) is 0 Å². The van der Waals surface area contributed by atoms with Gasteiger partial charge in [-0.1, -0.05) is 0 Å². The number of hydrogen-bond donors (Lipinski definition) is 1. The van der Waals surface area contributed by atoms with Crippen LogP contribution in [0.4, 0.5) is 18.9 Å². The first-order valence-corrected chi connectivity index (χ1v) is 8.60. The van der Waals surface area contributed by atoms with E-state index in [0.717, 1.165) is 24.3 Å². The molecule has 2 rings (SSSR count). The fourth-order valence-electron chi connectivity index (χ4n) is 1.75. The van der Waals surface area contributed by atoms with Crippen LogP contribution in [-0.4, -0.2) is 21.9 Å². The number of benzene rings is 2. The molecule has 0 aliphatic carbocycles. The minimum atomic E-state index is -4.81. The summed E-state index contributed by atoms with van der Waals surface area (Å²) in [6, 6.07) is 8.51. The fraction of sp³-hybridized carbons (Fsp3) is 0.143. The average molecular weight is 426 g/mol. The van der Waals surface area contributed by atoms with Crippen molar-refractivity contribution < 1.29 is 31.1 Å². The molecule has 0 unspecified atom stereocenters. The van der Waals surface area contributed by atoms with Crippen molar-refractivity contribution in [1.82, 2.24) is 0 Å². The number of ether oxygens (including phenoxy) is 2. The van der Waals surface area contributed by atoms with Crippen LogP contribution >= 0.6 is 15.9 Å². The van der Waals surface area contributed by atoms with E-state index in [-0.39, 0.29) is 10.6 Å². The van der Waals surface area contributed by atoms with Gasteiger partial charge in [-0.2, -0.15) is 0 Å². The summed E-state index contributed by atoms with van der Waals surface area (Å²) in [4.78, 5) is -0.0363. The number of methoxy groups -OCH3 is 1. The maximum atomic E-state index is 12.3. The molecule has 0 bridgehead atoms. The summed E-state index contributed by atoms with van der Waals surface area (Å²) in [6.07, 6.45) is -4.81. The van der Waals surface area contributed by atoms with Crippen LogP contribution < -0.4 is 14.2 Å². The van der Waals surface area contributed by atoms with E-state index in [1.54, 1.807) is 0 Å². The molecule has 0 saturated heterocycles. The molecule has 0 atom stereocenters. The highest BCUT2D eigenvalue weighted by Crippen LogP contribution is 2.29. The minimum absolute atomic E-state index is 0.0363. The van der Waals surface area contributed by atoms with Crippen LogP contribution in [0.15, 0.2) is 51.8 Å². The highest BCUT2D eigenvalue weighted by atomic mass is 79.9. The van der Waals surface area contributed by atoms with E-state index in [1.807, 2.05) is 0 Å². The Bertz CT molecular complexity index is 823. The highest BCUT2D eigenvalue weighted by molar-refractivity contribution is 9.10. The Kier molecular flexibility index (Phi) is 5.29. The third-order valence-electron chi connectivity index (χ3n) is 2.77. The summed E-state index contributed by atoms with van der Waals surface area (Å²) in [5, 5.41) is 0. The topological polar surface area (TPSA) is 64.6 Å². The van der Waals surface area contributed by atoms with Crippen LogP contribution in [0, 0.1) is 0 Å². The van der Waals surface area contributed by atoms with Crippen molar-refractivity contribution >= 4 is 31.6 Å². The van der Waals surface area contributed by atoms with Crippen LogP contribution in [0.25, 0.3) is 0 Å². The van der Waals surface area contributed by atoms with Crippen molar-refractivity contribution in [2.45, 2.75) is 11.3 Å². The zero-order valence-electron chi connectivity index (χ0n) is 12.1. The fourth-order valence-corrected chi connectivity index (χ4v) is 3.53. The molecule has 0 radical (unpaired) electrons. The van der Waals surface area contributed by atoms with Gasteiger partial charge in [0.1, 0.15) is 11.5 Å². The van der Waals surface area contributed by atoms with Gasteiger partial charge in [0.2, 0.25) is 0 Å². The summed E-state index contributed by atoms with van der Waals surface area (Å²) in [5.74, 6) is 0.0141. The third-order valence-corrected chi connectivity index (χ3v) is 4.77. The number of rotatable bonds is 5. The number of sulfonamides is 1. The standard InChI is InChI=1S/C14H11BrF3NO4S/c1-22-13-7-6-11(8-12(13)15)24(20,21)19-9-2-4-10(5-3-9)23-14(16,17)18/h2-8,19H,1H3. The monoisotopic (exact) mass is 425 g/mol. The average Bonchev–Trinajstić information content (AvgIpc) is 2.47. The number of hydrogen-bond acceptors (Lipinski definition) is 4. The molecule has 24 heavy (non-hydrogen) atoms. The van der Waals surface area contributed by atoms with Crippen LogP contribution in [0.3, 0.4) is 0 Å². The predicted molar refractivity (Wildman–Crippen MR) is 84.6 cm³/mol. The van der Waals surface area contributed by atoms with Gasteiger partial charge in [0.05, 0.1) is 16.5 Å². The lowest BCUT2D eigenvalue weighted by molar-refractivity contribution is -0.274. The molecule has 0 spiro atoms. The molecule has 0 aliphatic rings. The van der Waals surface area contributed by atoms with Gasteiger partial charge in [0.15, 0.2) is 0 Å². The van der Waals surface area contributed by atoms with E-state index in [9.17, 15) is 21.6 Å². The van der Waals surface area contributed by atoms with Crippen molar-refractivity contribution in [1.29, 1.82) is 0 Å². The summed E-state index contributed by atoms with van der Waals surface area (Å²) >= 11 is 3.18. The van der Waals surface area contributed by atoms with Gasteiger partial charge in [-0.3, -0.25) is 4.72 Å². The van der Waals surface area contributed by atoms with Crippen LogP contribution in [-0.2, 0) is 10.0 Å². The molecule has 0 saturated carbocycles. The van der Waals surface area contributed by atoms with Crippen LogP contribution in [0.5, 0.6) is 11.5 Å². The quantitative estimate of drug-likeness (QED) is 0.780. The van der Waals surface area contributed by atoms with E-state index < -0.39 is 22.1 Å². The molecule has 0 heterocycles. The van der Waals surface area contributed by atoms with Crippen molar-refractivity contribution in [2.75, 3.05) is 11.8 Å². The number of anilines is 1. The zero-order chi connectivity index (χ0) is 18.0. The van der Waals surface area contributed by atoms with Crippen LogP contribution in [0.2, 0.25) is 0 Å². The van der Waals surface area contributed by atoms with E-state index >= 15 is 0 Å². The lowest BCUT2D eigenvalue weighted by Crippen LogP contribution is -2.17. The summed E-state index contributed by atoms with van der Waals surface area (Å²) in [5.41, 5.74) is 0.0939. The molecule has 5 nitrogen and oxygen atoms in total. The van der Waals surface area contributed by atoms with Gasteiger partial charge in [-0.15, -0.1) is 13.2 Å². The summed E-state index contributed by atoms with van der Waals surface area (Å²) < 4.78 is 72.3. The van der Waals surface area contributed by atoms with E-state index in [0.29, 0.717) is 10.2 Å². The lowest BCUT2D eigenvalue weighted by Gasteiger charge is -2.11. The molecule has 0 amide bonds. The molecular weight excluding hydrogens is 415 g/mol. The second kappa shape index (κ2) is 6.89. The third kappa shape index (κ3) is 4.78. The zero-order valence-corrected chi connectivity index (χ0v) is 14.5. The molecule has 0 fully saturated rings. The highest BCUT2D eigenvalue weighted by Gasteiger charge is 2.31. The molecule has 2 aromatic carbocycles. The normalized spacial score (nSPS) is 11.9. The predicted octanol–water partition coefficient (Wildman–Crippen LogP) is 4.16. The molecule has 0 aromatic heterocycles. The number of nitrogens with one attached hydrogen (secondary N) is 1. The number of alkyl halides is 3. The molecular formula is C14H11BrF3NO4S. The van der Waals surface area contributed by atoms with E-state index in [2.05, 4.69) is 25.4 Å².